The predicted molar refractivity (Wildman–Crippen MR) is 328 cm³/mol. The minimum Gasteiger partial charge on any atom is -0.436 e. The molecule has 0 spiro atoms. The van der Waals surface area contributed by atoms with Gasteiger partial charge in [0.25, 0.3) is 0 Å². The maximum atomic E-state index is 11.5. The number of likely N-dealkylation sites (N-methyl/N-ethyl adjacent to an activating group) is 1. The Labute approximate surface area is 458 Å². The summed E-state index contributed by atoms with van der Waals surface area (Å²) in [7, 11) is -20.2. The Kier molecular flexibility index (Phi) is 34.9. The van der Waals surface area contributed by atoms with E-state index >= 15 is 0 Å². The number of amides is 1. The molecule has 73 heavy (non-hydrogen) atoms. The molecule has 0 saturated heterocycles. The number of aliphatic hydroxyl groups excluding tert-OH is 2. The monoisotopic (exact) mass is 1210 g/mol. The topological polar surface area (TPSA) is 170 Å². The largest absolute Gasteiger partial charge is 0.436 e. The number of unbranched alkanes of at least 4 members (excludes halogenated alkanes) is 2. The molecule has 0 aromatic carbocycles. The van der Waals surface area contributed by atoms with Crippen molar-refractivity contribution in [1.29, 1.82) is 0 Å². The molecule has 1 amide bonds. The second-order valence-electron chi connectivity index (χ2n) is 24.8. The van der Waals surface area contributed by atoms with E-state index in [1.54, 1.807) is 7.05 Å². The number of ether oxygens (including phenoxy) is 2. The first-order valence-electron chi connectivity index (χ1n) is 27.0. The Bertz CT molecular complexity index is 1600. The predicted octanol–water partition coefficient (Wildman–Crippen LogP) is 12.5. The van der Waals surface area contributed by atoms with Crippen LogP contribution in [0.5, 0.6) is 0 Å². The summed E-state index contributed by atoms with van der Waals surface area (Å²) in [4.78, 5) is 24.2. The van der Waals surface area contributed by atoms with Gasteiger partial charge in [0.05, 0.1) is 25.4 Å². The van der Waals surface area contributed by atoms with Gasteiger partial charge in [-0.3, -0.25) is 9.59 Å². The molecule has 0 aliphatic heterocycles. The van der Waals surface area contributed by atoms with Gasteiger partial charge in [-0.1, -0.05) is 52.7 Å². The smallest absolute Gasteiger partial charge is 0.314 e. The van der Waals surface area contributed by atoms with E-state index in [-0.39, 0.29) is 31.4 Å². The first-order valence-corrected chi connectivity index (χ1v) is 56.4. The number of nitrogens with zero attached hydrogens (tertiary/aromatic N) is 1. The van der Waals surface area contributed by atoms with Crippen LogP contribution in [0.1, 0.15) is 65.2 Å². The highest BCUT2D eigenvalue weighted by molar-refractivity contribution is 6.92. The summed E-state index contributed by atoms with van der Waals surface area (Å²) >= 11 is 0. The van der Waals surface area contributed by atoms with Gasteiger partial charge in [-0.25, -0.2) is 0 Å². The standard InChI is InChI=1S/C24H57NO7Si5.C24H56O7Si5/c1-14-16-19-33(4,5)29-35(8,9)31-37(12,13)32-36(10,11)30-34(6,7)20-17-18-28-22-23(26)21-25(3)24(27)15-2;1-13-15-20-32(3,4)28-34(7,8)30-36(11,12)31-35(9,10)29-33(5,6)21-16-19-27-22-24(26)18-17-23(25)14-2/h15,23,26H,2,14,16-22H2,1,3-13H3;14,24,26H,2,13,15-22H2,1,3-12H3. The highest BCUT2D eigenvalue weighted by Crippen LogP contribution is 2.31. The molecule has 0 radical (unpaired) electrons. The third-order valence-electron chi connectivity index (χ3n) is 11.1. The van der Waals surface area contributed by atoms with E-state index in [0.717, 1.165) is 37.0 Å². The molecule has 25 heteroatoms. The molecule has 0 aromatic heterocycles. The van der Waals surface area contributed by atoms with E-state index in [1.807, 2.05) is 0 Å². The van der Waals surface area contributed by atoms with Crippen molar-refractivity contribution >= 4 is 96.3 Å². The number of hydrogen-bond acceptors (Lipinski definition) is 14. The number of carbonyl (C=O) groups excluding carboxylic acids is 2. The van der Waals surface area contributed by atoms with Crippen LogP contribution in [-0.4, -0.2) is 164 Å². The summed E-state index contributed by atoms with van der Waals surface area (Å²) in [6, 6.07) is 4.19. The van der Waals surface area contributed by atoms with Crippen molar-refractivity contribution in [3.05, 3.63) is 25.3 Å². The van der Waals surface area contributed by atoms with Crippen LogP contribution in [0.15, 0.2) is 25.3 Å². The fourth-order valence-corrected chi connectivity index (χ4v) is 58.8. The van der Waals surface area contributed by atoms with Crippen molar-refractivity contribution in [3.8, 4) is 0 Å². The van der Waals surface area contributed by atoms with Crippen molar-refractivity contribution in [3.63, 3.8) is 0 Å². The van der Waals surface area contributed by atoms with Gasteiger partial charge >= 0.3 is 51.4 Å². The van der Waals surface area contributed by atoms with Crippen LogP contribution in [-0.2, 0) is 52.0 Å². The maximum Gasteiger partial charge on any atom is 0.314 e. The lowest BCUT2D eigenvalue weighted by Crippen LogP contribution is -2.58. The molecule has 0 aliphatic carbocycles. The number of allylic oxidation sites excluding steroid dienone is 1. The Balaban J connectivity index is 0. The van der Waals surface area contributed by atoms with Crippen LogP contribution in [0.25, 0.3) is 0 Å². The van der Waals surface area contributed by atoms with Gasteiger partial charge in [-0.15, -0.1) is 0 Å². The van der Waals surface area contributed by atoms with E-state index in [9.17, 15) is 19.8 Å². The van der Waals surface area contributed by atoms with Crippen LogP contribution in [0.2, 0.25) is 155 Å². The van der Waals surface area contributed by atoms with E-state index in [4.69, 9.17) is 42.4 Å². The lowest BCUT2D eigenvalue weighted by Gasteiger charge is -2.42. The molecule has 15 nitrogen and oxygen atoms in total. The van der Waals surface area contributed by atoms with Crippen molar-refractivity contribution in [1.82, 2.24) is 4.90 Å². The molecular formula is C48H113NO14Si10. The summed E-state index contributed by atoms with van der Waals surface area (Å²) in [5, 5.41) is 20.0. The summed E-state index contributed by atoms with van der Waals surface area (Å²) in [6.07, 6.45) is 8.37. The summed E-state index contributed by atoms with van der Waals surface area (Å²) < 4.78 is 64.5. The van der Waals surface area contributed by atoms with Crippen LogP contribution < -0.4 is 0 Å². The van der Waals surface area contributed by atoms with Crippen molar-refractivity contribution in [2.45, 2.75) is 233 Å². The minimum absolute atomic E-state index is 0.0549. The average molecular weight is 1210 g/mol. The lowest BCUT2D eigenvalue weighted by molar-refractivity contribution is -0.126. The van der Waals surface area contributed by atoms with Gasteiger partial charge in [0, 0.05) is 33.2 Å². The van der Waals surface area contributed by atoms with Crippen molar-refractivity contribution in [2.75, 3.05) is 40.0 Å². The molecule has 434 valence electrons. The molecule has 0 aromatic rings. The Hall–Kier alpha value is 0.309. The van der Waals surface area contributed by atoms with Gasteiger partial charge in [0.1, 0.15) is 0 Å². The molecule has 0 fully saturated rings. The Morgan fingerprint density at radius 2 is 0.753 bits per heavy atom. The molecule has 0 rings (SSSR count). The molecule has 0 aliphatic rings. The normalized spacial score (nSPS) is 14.6. The number of carbonyl (C=O) groups is 2. The number of ketones is 1. The molecule has 0 saturated carbocycles. The van der Waals surface area contributed by atoms with Gasteiger partial charge in [0.2, 0.25) is 5.91 Å². The van der Waals surface area contributed by atoms with E-state index < -0.39 is 96.8 Å². The van der Waals surface area contributed by atoms with Gasteiger partial charge < -0.3 is 57.5 Å². The highest BCUT2D eigenvalue weighted by Gasteiger charge is 2.47. The van der Waals surface area contributed by atoms with Gasteiger partial charge in [-0.05, 0) is 187 Å². The molecule has 2 atom stereocenters. The number of rotatable bonds is 41. The van der Waals surface area contributed by atoms with Crippen molar-refractivity contribution < 1.29 is 62.2 Å². The fraction of sp³-hybridized carbons (Fsp3) is 0.875. The van der Waals surface area contributed by atoms with Gasteiger partial charge in [0.15, 0.2) is 39.1 Å². The molecule has 0 bridgehead atoms. The lowest BCUT2D eigenvalue weighted by atomic mass is 10.1. The number of hydrogen-bond donors (Lipinski definition) is 2. The summed E-state index contributed by atoms with van der Waals surface area (Å²) in [5.41, 5.74) is 0. The number of aliphatic hydroxyl groups is 2. The second kappa shape index (κ2) is 33.8. The van der Waals surface area contributed by atoms with Crippen molar-refractivity contribution in [2.24, 2.45) is 0 Å². The zero-order chi connectivity index (χ0) is 57.4. The molecule has 2 N–H and O–H groups in total. The third-order valence-corrected chi connectivity index (χ3v) is 49.7. The third kappa shape index (κ3) is 41.1. The van der Waals surface area contributed by atoms with Crippen LogP contribution in [0.4, 0.5) is 0 Å². The molecular weight excluding hydrogens is 1100 g/mol. The molecule has 0 heterocycles. The van der Waals surface area contributed by atoms with E-state index in [1.165, 1.54) is 42.7 Å². The molecule has 2 unspecified atom stereocenters. The van der Waals surface area contributed by atoms with Crippen LogP contribution >= 0.6 is 0 Å². The SMILES string of the molecule is C=CC(=O)CCC(O)COCCC[Si](C)(C)O[Si](C)(C)O[Si](C)(C)O[Si](C)(C)O[Si](C)(C)CCCC.C=CC(=O)N(C)CC(O)COCCC[Si](C)(C)O[Si](C)(C)O[Si](C)(C)O[Si](C)(C)O[Si](C)(C)CCCC. The maximum absolute atomic E-state index is 11.5. The Morgan fingerprint density at radius 1 is 0.466 bits per heavy atom. The van der Waals surface area contributed by atoms with Crippen LogP contribution in [0, 0.1) is 0 Å². The summed E-state index contributed by atoms with van der Waals surface area (Å²) in [5.74, 6) is -0.272. The zero-order valence-corrected chi connectivity index (χ0v) is 61.0. The first-order chi connectivity index (χ1) is 32.9. The van der Waals surface area contributed by atoms with E-state index in [0.29, 0.717) is 26.1 Å². The quantitative estimate of drug-likeness (QED) is 0.0337. The first kappa shape index (κ1) is 75.4. The fourth-order valence-electron chi connectivity index (χ4n) is 9.31. The van der Waals surface area contributed by atoms with Gasteiger partial charge in [-0.2, -0.15) is 0 Å². The minimum atomic E-state index is -2.45. The second-order valence-corrected chi connectivity index (χ2v) is 64.2. The zero-order valence-electron chi connectivity index (χ0n) is 51.0. The highest BCUT2D eigenvalue weighted by atomic mass is 28.5. The summed E-state index contributed by atoms with van der Waals surface area (Å²) in [6.45, 7) is 56.6. The Morgan fingerprint density at radius 3 is 1.04 bits per heavy atom. The van der Waals surface area contributed by atoms with Crippen LogP contribution in [0.3, 0.4) is 0 Å². The average Bonchev–Trinajstić information content (AvgIpc) is 3.17. The van der Waals surface area contributed by atoms with E-state index in [2.05, 4.69) is 158 Å².